The fourth-order valence-electron chi connectivity index (χ4n) is 4.16. The van der Waals surface area contributed by atoms with Gasteiger partial charge in [-0.1, -0.05) is 48.5 Å². The Balaban J connectivity index is 0.00000272. The van der Waals surface area contributed by atoms with Crippen LogP contribution in [-0.4, -0.2) is 73.6 Å². The first-order chi connectivity index (χ1) is 14.7. The molecule has 31 heavy (non-hydrogen) atoms. The van der Waals surface area contributed by atoms with E-state index in [2.05, 4.69) is 49.7 Å². The standard InChI is InChI=1S/C23H29N5O2.HI/c1-24-23(25-14-22(29)26-19-10-6-3-7-11-19)28-16-20-21(17-28)30-13-12-27(20)15-18-8-4-2-5-9-18;/h2-11,20-21H,12-17H2,1H3,(H,24,25)(H,26,29);1H. The Morgan fingerprint density at radius 1 is 1.10 bits per heavy atom. The molecular weight excluding hydrogens is 505 g/mol. The number of carbonyl (C=O) groups is 1. The zero-order valence-corrected chi connectivity index (χ0v) is 20.1. The molecule has 4 rings (SSSR count). The topological polar surface area (TPSA) is 69.2 Å². The van der Waals surface area contributed by atoms with E-state index in [1.165, 1.54) is 5.56 Å². The predicted octanol–water partition coefficient (Wildman–Crippen LogP) is 2.40. The number of rotatable bonds is 5. The number of halogens is 1. The number of ether oxygens (including phenoxy) is 1. The Hall–Kier alpha value is -2.17. The van der Waals surface area contributed by atoms with Crippen molar-refractivity contribution in [1.29, 1.82) is 0 Å². The van der Waals surface area contributed by atoms with Crippen LogP contribution in [0.3, 0.4) is 0 Å². The van der Waals surface area contributed by atoms with Gasteiger partial charge in [0.2, 0.25) is 5.91 Å². The van der Waals surface area contributed by atoms with Crippen LogP contribution >= 0.6 is 24.0 Å². The zero-order chi connectivity index (χ0) is 20.8. The van der Waals surface area contributed by atoms with Gasteiger partial charge in [-0.15, -0.1) is 24.0 Å². The number of fused-ring (bicyclic) bond motifs is 1. The minimum Gasteiger partial charge on any atom is -0.373 e. The molecule has 2 fully saturated rings. The van der Waals surface area contributed by atoms with E-state index in [-0.39, 0.29) is 42.5 Å². The van der Waals surface area contributed by atoms with Gasteiger partial charge in [0.25, 0.3) is 0 Å². The van der Waals surface area contributed by atoms with Crippen LogP contribution in [0.1, 0.15) is 5.56 Å². The molecule has 2 aliphatic rings. The van der Waals surface area contributed by atoms with Crippen LogP contribution in [0.5, 0.6) is 0 Å². The highest BCUT2D eigenvalue weighted by Crippen LogP contribution is 2.24. The number of likely N-dealkylation sites (tertiary alicyclic amines) is 1. The first-order valence-electron chi connectivity index (χ1n) is 10.4. The maximum Gasteiger partial charge on any atom is 0.243 e. The number of guanidine groups is 1. The normalized spacial score (nSPS) is 21.2. The summed E-state index contributed by atoms with van der Waals surface area (Å²) in [6.07, 6.45) is 0.152. The summed E-state index contributed by atoms with van der Waals surface area (Å²) in [6.45, 7) is 4.36. The average molecular weight is 535 g/mol. The van der Waals surface area contributed by atoms with E-state index in [1.54, 1.807) is 7.05 Å². The van der Waals surface area contributed by atoms with E-state index in [4.69, 9.17) is 4.74 Å². The summed E-state index contributed by atoms with van der Waals surface area (Å²) < 4.78 is 6.05. The lowest BCUT2D eigenvalue weighted by molar-refractivity contribution is -0.115. The summed E-state index contributed by atoms with van der Waals surface area (Å²) in [7, 11) is 1.75. The molecule has 7 nitrogen and oxygen atoms in total. The Kier molecular flexibility index (Phi) is 8.68. The van der Waals surface area contributed by atoms with Gasteiger partial charge in [0, 0.05) is 38.9 Å². The highest BCUT2D eigenvalue weighted by Gasteiger charge is 2.41. The number of hydrogen-bond donors (Lipinski definition) is 2. The fraction of sp³-hybridized carbons (Fsp3) is 0.391. The number of anilines is 1. The van der Waals surface area contributed by atoms with E-state index in [0.717, 1.165) is 44.4 Å². The lowest BCUT2D eigenvalue weighted by atomic mass is 10.1. The van der Waals surface area contributed by atoms with Gasteiger partial charge < -0.3 is 20.3 Å². The number of amides is 1. The molecule has 2 atom stereocenters. The van der Waals surface area contributed by atoms with Crippen LogP contribution in [0, 0.1) is 0 Å². The van der Waals surface area contributed by atoms with Gasteiger partial charge in [-0.25, -0.2) is 0 Å². The van der Waals surface area contributed by atoms with Gasteiger partial charge in [0.15, 0.2) is 5.96 Å². The van der Waals surface area contributed by atoms with Crippen LogP contribution in [-0.2, 0) is 16.1 Å². The molecule has 0 radical (unpaired) electrons. The summed E-state index contributed by atoms with van der Waals surface area (Å²) >= 11 is 0. The molecule has 2 saturated heterocycles. The van der Waals surface area contributed by atoms with E-state index in [0.29, 0.717) is 6.04 Å². The Labute approximate surface area is 200 Å². The summed E-state index contributed by atoms with van der Waals surface area (Å²) in [6, 6.07) is 20.3. The molecule has 1 amide bonds. The largest absolute Gasteiger partial charge is 0.373 e. The predicted molar refractivity (Wildman–Crippen MR) is 134 cm³/mol. The minimum absolute atomic E-state index is 0. The Morgan fingerprint density at radius 2 is 1.81 bits per heavy atom. The maximum absolute atomic E-state index is 12.3. The quantitative estimate of drug-likeness (QED) is 0.350. The number of nitrogens with zero attached hydrogens (tertiary/aromatic N) is 3. The highest BCUT2D eigenvalue weighted by molar-refractivity contribution is 14.0. The number of carbonyl (C=O) groups excluding carboxylic acids is 1. The molecule has 0 saturated carbocycles. The van der Waals surface area contributed by atoms with Crippen molar-refractivity contribution in [1.82, 2.24) is 15.1 Å². The van der Waals surface area contributed by atoms with Gasteiger partial charge in [-0.2, -0.15) is 0 Å². The monoisotopic (exact) mass is 535 g/mol. The number of hydrogen-bond acceptors (Lipinski definition) is 4. The molecule has 166 valence electrons. The molecule has 2 heterocycles. The average Bonchev–Trinajstić information content (AvgIpc) is 3.21. The van der Waals surface area contributed by atoms with Crippen LogP contribution < -0.4 is 10.6 Å². The lowest BCUT2D eigenvalue weighted by Crippen LogP contribution is -2.50. The summed E-state index contributed by atoms with van der Waals surface area (Å²) in [5.41, 5.74) is 2.10. The molecule has 0 spiro atoms. The summed E-state index contributed by atoms with van der Waals surface area (Å²) in [5, 5.41) is 6.08. The van der Waals surface area contributed by atoms with Crippen molar-refractivity contribution >= 4 is 41.5 Å². The molecule has 2 aromatic rings. The second-order valence-electron chi connectivity index (χ2n) is 7.65. The number of nitrogens with one attached hydrogen (secondary N) is 2. The zero-order valence-electron chi connectivity index (χ0n) is 17.7. The number of morpholine rings is 1. The lowest BCUT2D eigenvalue weighted by Gasteiger charge is -2.36. The second-order valence-corrected chi connectivity index (χ2v) is 7.65. The van der Waals surface area contributed by atoms with Gasteiger partial charge in [0.1, 0.15) is 0 Å². The summed E-state index contributed by atoms with van der Waals surface area (Å²) in [4.78, 5) is 21.4. The number of aliphatic imine (C=N–C) groups is 1. The third-order valence-corrected chi connectivity index (χ3v) is 5.62. The molecule has 2 N–H and O–H groups in total. The molecule has 0 aliphatic carbocycles. The molecular formula is C23H30IN5O2. The van der Waals surface area contributed by atoms with Crippen molar-refractivity contribution in [3.63, 3.8) is 0 Å². The van der Waals surface area contributed by atoms with Gasteiger partial charge in [-0.05, 0) is 17.7 Å². The Bertz CT molecular complexity index is 865. The molecule has 2 aromatic carbocycles. The third-order valence-electron chi connectivity index (χ3n) is 5.62. The smallest absolute Gasteiger partial charge is 0.243 e. The van der Waals surface area contributed by atoms with Crippen molar-refractivity contribution in [3.05, 3.63) is 66.2 Å². The van der Waals surface area contributed by atoms with Crippen LogP contribution in [0.2, 0.25) is 0 Å². The second kappa shape index (κ2) is 11.4. The van der Waals surface area contributed by atoms with Crippen LogP contribution in [0.25, 0.3) is 0 Å². The van der Waals surface area contributed by atoms with Gasteiger partial charge in [-0.3, -0.25) is 14.7 Å². The summed E-state index contributed by atoms with van der Waals surface area (Å²) in [5.74, 6) is 0.636. The fourth-order valence-corrected chi connectivity index (χ4v) is 4.16. The number of benzene rings is 2. The molecule has 2 unspecified atom stereocenters. The van der Waals surface area contributed by atoms with Crippen molar-refractivity contribution in [2.45, 2.75) is 18.7 Å². The van der Waals surface area contributed by atoms with Crippen molar-refractivity contribution < 1.29 is 9.53 Å². The first kappa shape index (κ1) is 23.5. The highest BCUT2D eigenvalue weighted by atomic mass is 127. The van der Waals surface area contributed by atoms with Crippen molar-refractivity contribution in [2.75, 3.05) is 45.2 Å². The van der Waals surface area contributed by atoms with Crippen LogP contribution in [0.15, 0.2) is 65.7 Å². The maximum atomic E-state index is 12.3. The SMILES string of the molecule is CN=C(NCC(=O)Nc1ccccc1)N1CC2OCCN(Cc3ccccc3)C2C1.I. The first-order valence-corrected chi connectivity index (χ1v) is 10.4. The third kappa shape index (κ3) is 6.18. The number of para-hydroxylation sites is 1. The molecule has 0 aromatic heterocycles. The van der Waals surface area contributed by atoms with Crippen molar-refractivity contribution in [2.24, 2.45) is 4.99 Å². The minimum atomic E-state index is -0.0964. The Morgan fingerprint density at radius 3 is 2.52 bits per heavy atom. The van der Waals surface area contributed by atoms with Gasteiger partial charge in [0.05, 0.1) is 25.3 Å². The van der Waals surface area contributed by atoms with E-state index in [1.807, 2.05) is 36.4 Å². The molecule has 2 aliphatic heterocycles. The molecule has 0 bridgehead atoms. The van der Waals surface area contributed by atoms with Crippen molar-refractivity contribution in [3.8, 4) is 0 Å². The van der Waals surface area contributed by atoms with Gasteiger partial charge >= 0.3 is 0 Å². The van der Waals surface area contributed by atoms with Crippen LogP contribution in [0.4, 0.5) is 5.69 Å². The molecule has 8 heteroatoms. The van der Waals surface area contributed by atoms with E-state index < -0.39 is 0 Å². The van der Waals surface area contributed by atoms with E-state index in [9.17, 15) is 4.79 Å². The van der Waals surface area contributed by atoms with E-state index >= 15 is 0 Å².